The largest absolute Gasteiger partial charge is 0.486 e. The van der Waals surface area contributed by atoms with E-state index in [2.05, 4.69) is 4.72 Å². The lowest BCUT2D eigenvalue weighted by Gasteiger charge is -2.19. The highest BCUT2D eigenvalue weighted by molar-refractivity contribution is 7.92. The van der Waals surface area contributed by atoms with Crippen molar-refractivity contribution in [2.45, 2.75) is 17.7 Å². The normalized spacial score (nSPS) is 16.5. The van der Waals surface area contributed by atoms with E-state index in [1.165, 1.54) is 24.3 Å². The van der Waals surface area contributed by atoms with Crippen LogP contribution in [0.25, 0.3) is 0 Å². The lowest BCUT2D eigenvalue weighted by atomic mass is 10.3. The molecule has 0 radical (unpaired) electrons. The van der Waals surface area contributed by atoms with Gasteiger partial charge in [0, 0.05) is 18.9 Å². The number of rotatable bonds is 4. The van der Waals surface area contributed by atoms with E-state index < -0.39 is 10.0 Å². The number of hydrogen-bond acceptors (Lipinski definition) is 6. The molecule has 0 bridgehead atoms. The molecule has 0 aromatic heterocycles. The predicted molar refractivity (Wildman–Crippen MR) is 96.4 cm³/mol. The maximum absolute atomic E-state index is 12.6. The molecular formula is C18H16N2O6S. The number of anilines is 2. The first-order chi connectivity index (χ1) is 12.9. The number of fused-ring (bicyclic) bond motifs is 1. The third kappa shape index (κ3) is 3.33. The topological polar surface area (TPSA) is 102 Å². The van der Waals surface area contributed by atoms with E-state index in [0.717, 1.165) is 4.90 Å². The molecule has 140 valence electrons. The van der Waals surface area contributed by atoms with Gasteiger partial charge in [-0.1, -0.05) is 0 Å². The van der Waals surface area contributed by atoms with E-state index in [-0.39, 0.29) is 29.6 Å². The van der Waals surface area contributed by atoms with Crippen molar-refractivity contribution in [3.8, 4) is 11.5 Å². The molecule has 0 spiro atoms. The second-order valence-corrected chi connectivity index (χ2v) is 7.76. The van der Waals surface area contributed by atoms with Crippen molar-refractivity contribution < 1.29 is 27.5 Å². The van der Waals surface area contributed by atoms with E-state index in [1.54, 1.807) is 18.2 Å². The van der Waals surface area contributed by atoms with Gasteiger partial charge in [0.25, 0.3) is 10.0 Å². The average Bonchev–Trinajstić information content (AvgIpc) is 3.00. The van der Waals surface area contributed by atoms with Crippen LogP contribution >= 0.6 is 0 Å². The fourth-order valence-electron chi connectivity index (χ4n) is 2.96. The Labute approximate surface area is 155 Å². The molecule has 2 aromatic carbocycles. The quantitative estimate of drug-likeness (QED) is 0.803. The van der Waals surface area contributed by atoms with Gasteiger partial charge in [-0.3, -0.25) is 19.2 Å². The summed E-state index contributed by atoms with van der Waals surface area (Å²) in [4.78, 5) is 24.6. The number of nitrogens with zero attached hydrogens (tertiary/aromatic N) is 1. The van der Waals surface area contributed by atoms with E-state index >= 15 is 0 Å². The fraction of sp³-hybridized carbons (Fsp3) is 0.222. The Balaban J connectivity index is 1.55. The zero-order valence-electron chi connectivity index (χ0n) is 14.2. The molecule has 4 rings (SSSR count). The van der Waals surface area contributed by atoms with Gasteiger partial charge in [-0.25, -0.2) is 8.42 Å². The molecule has 0 atom stereocenters. The molecule has 27 heavy (non-hydrogen) atoms. The van der Waals surface area contributed by atoms with Crippen LogP contribution in [0.1, 0.15) is 12.8 Å². The van der Waals surface area contributed by atoms with Gasteiger partial charge in [-0.15, -0.1) is 0 Å². The summed E-state index contributed by atoms with van der Waals surface area (Å²) in [5, 5.41) is 0. The summed E-state index contributed by atoms with van der Waals surface area (Å²) in [5.41, 5.74) is 0.703. The Morgan fingerprint density at radius 1 is 0.852 bits per heavy atom. The number of nitrogens with one attached hydrogen (secondary N) is 1. The van der Waals surface area contributed by atoms with Crippen LogP contribution in [0.3, 0.4) is 0 Å². The summed E-state index contributed by atoms with van der Waals surface area (Å²) in [6.07, 6.45) is 0.342. The van der Waals surface area contributed by atoms with Crippen LogP contribution in [0, 0.1) is 0 Å². The molecule has 1 fully saturated rings. The highest BCUT2D eigenvalue weighted by Gasteiger charge is 2.30. The van der Waals surface area contributed by atoms with Crippen LogP contribution in [0.15, 0.2) is 47.4 Å². The van der Waals surface area contributed by atoms with E-state index in [4.69, 9.17) is 9.47 Å². The number of carbonyl (C=O) groups excluding carboxylic acids is 2. The third-order valence-corrected chi connectivity index (χ3v) is 5.65. The van der Waals surface area contributed by atoms with Crippen molar-refractivity contribution >= 4 is 33.2 Å². The van der Waals surface area contributed by atoms with E-state index in [1.807, 2.05) is 0 Å². The van der Waals surface area contributed by atoms with Crippen LogP contribution in [0.4, 0.5) is 11.4 Å². The highest BCUT2D eigenvalue weighted by Crippen LogP contribution is 2.33. The standard InChI is InChI=1S/C18H16N2O6S/c21-17-7-8-18(22)20(17)13-2-4-14(5-3-13)27(23,24)19-12-1-6-15-16(11-12)26-10-9-25-15/h1-6,11,19H,7-10H2. The average molecular weight is 388 g/mol. The lowest BCUT2D eigenvalue weighted by Crippen LogP contribution is -2.28. The Morgan fingerprint density at radius 3 is 2.15 bits per heavy atom. The maximum Gasteiger partial charge on any atom is 0.261 e. The number of ether oxygens (including phenoxy) is 2. The summed E-state index contributed by atoms with van der Waals surface area (Å²) in [5.74, 6) is 0.464. The molecule has 1 saturated heterocycles. The molecule has 8 nitrogen and oxygen atoms in total. The minimum atomic E-state index is -3.84. The molecule has 2 amide bonds. The first kappa shape index (κ1) is 17.3. The first-order valence-corrected chi connectivity index (χ1v) is 9.81. The van der Waals surface area contributed by atoms with Gasteiger partial charge in [0.15, 0.2) is 11.5 Å². The number of carbonyl (C=O) groups is 2. The van der Waals surface area contributed by atoms with Crippen molar-refractivity contribution in [2.24, 2.45) is 0 Å². The Bertz CT molecular complexity index is 1000. The van der Waals surface area contributed by atoms with Gasteiger partial charge >= 0.3 is 0 Å². The molecule has 9 heteroatoms. The molecule has 2 aliphatic rings. The van der Waals surface area contributed by atoms with Crippen molar-refractivity contribution in [2.75, 3.05) is 22.8 Å². The smallest absolute Gasteiger partial charge is 0.261 e. The third-order valence-electron chi connectivity index (χ3n) is 4.25. The van der Waals surface area contributed by atoms with Crippen molar-refractivity contribution in [3.05, 3.63) is 42.5 Å². The summed E-state index contributed by atoms with van der Waals surface area (Å²) < 4.78 is 38.5. The highest BCUT2D eigenvalue weighted by atomic mass is 32.2. The molecule has 2 aliphatic heterocycles. The van der Waals surface area contributed by atoms with E-state index in [0.29, 0.717) is 36.1 Å². The van der Waals surface area contributed by atoms with Gasteiger partial charge in [-0.05, 0) is 36.4 Å². The number of benzene rings is 2. The predicted octanol–water partition coefficient (Wildman–Crippen LogP) is 1.91. The van der Waals surface area contributed by atoms with Gasteiger partial charge in [0.1, 0.15) is 13.2 Å². The SMILES string of the molecule is O=C1CCC(=O)N1c1ccc(S(=O)(=O)Nc2ccc3c(c2)OCCO3)cc1. The molecular weight excluding hydrogens is 372 g/mol. The monoisotopic (exact) mass is 388 g/mol. The lowest BCUT2D eigenvalue weighted by molar-refractivity contribution is -0.121. The van der Waals surface area contributed by atoms with Crippen molar-refractivity contribution in [3.63, 3.8) is 0 Å². The second kappa shape index (κ2) is 6.58. The van der Waals surface area contributed by atoms with Crippen LogP contribution in [0.5, 0.6) is 11.5 Å². The van der Waals surface area contributed by atoms with Gasteiger partial charge < -0.3 is 9.47 Å². The Kier molecular flexibility index (Phi) is 4.23. The zero-order chi connectivity index (χ0) is 19.0. The molecule has 2 aromatic rings. The minimum absolute atomic E-state index is 0.0141. The molecule has 0 aliphatic carbocycles. The summed E-state index contributed by atoms with van der Waals surface area (Å²) in [6, 6.07) is 10.4. The number of imide groups is 1. The summed E-state index contributed by atoms with van der Waals surface area (Å²) >= 11 is 0. The molecule has 0 unspecified atom stereocenters. The van der Waals surface area contributed by atoms with Gasteiger partial charge in [0.2, 0.25) is 11.8 Å². The van der Waals surface area contributed by atoms with Crippen LogP contribution in [-0.2, 0) is 19.6 Å². The van der Waals surface area contributed by atoms with Crippen LogP contribution < -0.4 is 19.1 Å². The maximum atomic E-state index is 12.6. The summed E-state index contributed by atoms with van der Waals surface area (Å²) in [6.45, 7) is 0.852. The first-order valence-electron chi connectivity index (χ1n) is 8.32. The molecule has 2 heterocycles. The van der Waals surface area contributed by atoms with Gasteiger partial charge in [-0.2, -0.15) is 0 Å². The number of hydrogen-bond donors (Lipinski definition) is 1. The number of sulfonamides is 1. The molecule has 1 N–H and O–H groups in total. The van der Waals surface area contributed by atoms with Crippen LogP contribution in [0.2, 0.25) is 0 Å². The van der Waals surface area contributed by atoms with E-state index in [9.17, 15) is 18.0 Å². The molecule has 0 saturated carbocycles. The second-order valence-electron chi connectivity index (χ2n) is 6.08. The fourth-order valence-corrected chi connectivity index (χ4v) is 4.01. The van der Waals surface area contributed by atoms with Crippen LogP contribution in [-0.4, -0.2) is 33.4 Å². The Morgan fingerprint density at radius 2 is 1.48 bits per heavy atom. The van der Waals surface area contributed by atoms with Crippen molar-refractivity contribution in [1.82, 2.24) is 0 Å². The number of amides is 2. The van der Waals surface area contributed by atoms with Crippen molar-refractivity contribution in [1.29, 1.82) is 0 Å². The van der Waals surface area contributed by atoms with Gasteiger partial charge in [0.05, 0.1) is 16.3 Å². The minimum Gasteiger partial charge on any atom is -0.486 e. The Hall–Kier alpha value is -3.07. The summed E-state index contributed by atoms with van der Waals surface area (Å²) in [7, 11) is -3.84. The zero-order valence-corrected chi connectivity index (χ0v) is 15.0.